The van der Waals surface area contributed by atoms with Crippen LogP contribution in [-0.4, -0.2) is 13.6 Å². The fourth-order valence-electron chi connectivity index (χ4n) is 2.69. The van der Waals surface area contributed by atoms with Crippen LogP contribution in [0.5, 0.6) is 0 Å². The van der Waals surface area contributed by atoms with Gasteiger partial charge in [-0.3, -0.25) is 0 Å². The van der Waals surface area contributed by atoms with Gasteiger partial charge in [0.15, 0.2) is 0 Å². The lowest BCUT2D eigenvalue weighted by Gasteiger charge is -2.21. The van der Waals surface area contributed by atoms with E-state index in [1.54, 1.807) is 0 Å². The van der Waals surface area contributed by atoms with Crippen molar-refractivity contribution in [3.8, 4) is 0 Å². The highest BCUT2D eigenvalue weighted by Gasteiger charge is 2.12. The summed E-state index contributed by atoms with van der Waals surface area (Å²) in [5.74, 6) is 2.73. The van der Waals surface area contributed by atoms with Crippen molar-refractivity contribution in [2.45, 2.75) is 66.2 Å². The average Bonchev–Trinajstić information content (AvgIpc) is 2.21. The van der Waals surface area contributed by atoms with Gasteiger partial charge in [0.25, 0.3) is 0 Å². The topological polar surface area (TPSA) is 12.0 Å². The first-order valence-electron chi connectivity index (χ1n) is 7.24. The summed E-state index contributed by atoms with van der Waals surface area (Å²) < 4.78 is 0. The second-order valence-electron chi connectivity index (χ2n) is 5.84. The Morgan fingerprint density at radius 1 is 1.00 bits per heavy atom. The third-order valence-electron chi connectivity index (χ3n) is 3.48. The first-order chi connectivity index (χ1) is 7.60. The van der Waals surface area contributed by atoms with Crippen LogP contribution in [0.3, 0.4) is 0 Å². The highest BCUT2D eigenvalue weighted by Crippen LogP contribution is 2.25. The number of unbranched alkanes of at least 4 members (excludes halogenated alkanes) is 1. The quantitative estimate of drug-likeness (QED) is 0.543. The highest BCUT2D eigenvalue weighted by molar-refractivity contribution is 4.64. The molecule has 1 nitrogen and oxygen atoms in total. The van der Waals surface area contributed by atoms with Crippen molar-refractivity contribution in [3.63, 3.8) is 0 Å². The largest absolute Gasteiger partial charge is 0.320 e. The smallest absolute Gasteiger partial charge is 0.00519 e. The molecule has 0 amide bonds. The zero-order valence-electron chi connectivity index (χ0n) is 12.2. The summed E-state index contributed by atoms with van der Waals surface area (Å²) in [6.45, 7) is 10.6. The lowest BCUT2D eigenvalue weighted by atomic mass is 9.85. The van der Waals surface area contributed by atoms with Crippen LogP contribution < -0.4 is 5.32 Å². The van der Waals surface area contributed by atoms with Crippen molar-refractivity contribution in [1.82, 2.24) is 5.32 Å². The Hall–Kier alpha value is -0.0400. The Morgan fingerprint density at radius 2 is 1.69 bits per heavy atom. The first-order valence-corrected chi connectivity index (χ1v) is 7.24. The van der Waals surface area contributed by atoms with Gasteiger partial charge in [0.1, 0.15) is 0 Å². The van der Waals surface area contributed by atoms with Crippen LogP contribution >= 0.6 is 0 Å². The zero-order chi connectivity index (χ0) is 12.4. The molecule has 0 rings (SSSR count). The molecule has 0 aromatic heterocycles. The maximum atomic E-state index is 3.23. The highest BCUT2D eigenvalue weighted by atomic mass is 14.8. The molecule has 0 aliphatic carbocycles. The Labute approximate surface area is 103 Å². The van der Waals surface area contributed by atoms with E-state index in [1.807, 2.05) is 7.05 Å². The molecular formula is C15H33N. The van der Waals surface area contributed by atoms with Crippen LogP contribution in [0.2, 0.25) is 0 Å². The van der Waals surface area contributed by atoms with E-state index >= 15 is 0 Å². The molecule has 0 aromatic rings. The average molecular weight is 227 g/mol. The number of hydrogen-bond acceptors (Lipinski definition) is 1. The van der Waals surface area contributed by atoms with Gasteiger partial charge in [0.05, 0.1) is 0 Å². The normalized spacial score (nSPS) is 15.4. The zero-order valence-corrected chi connectivity index (χ0v) is 12.2. The maximum absolute atomic E-state index is 3.23. The third kappa shape index (κ3) is 9.21. The third-order valence-corrected chi connectivity index (χ3v) is 3.48. The van der Waals surface area contributed by atoms with Gasteiger partial charge in [-0.15, -0.1) is 0 Å². The van der Waals surface area contributed by atoms with Crippen molar-refractivity contribution in [1.29, 1.82) is 0 Å². The molecule has 2 unspecified atom stereocenters. The van der Waals surface area contributed by atoms with E-state index in [0.717, 1.165) is 17.8 Å². The fraction of sp³-hybridized carbons (Fsp3) is 1.00. The van der Waals surface area contributed by atoms with Crippen LogP contribution in [0.1, 0.15) is 66.2 Å². The minimum Gasteiger partial charge on any atom is -0.320 e. The second-order valence-corrected chi connectivity index (χ2v) is 5.84. The summed E-state index contributed by atoms with van der Waals surface area (Å²) in [6.07, 6.45) is 8.36. The predicted molar refractivity (Wildman–Crippen MR) is 74.8 cm³/mol. The van der Waals surface area contributed by atoms with Gasteiger partial charge >= 0.3 is 0 Å². The van der Waals surface area contributed by atoms with Crippen LogP contribution in [0, 0.1) is 17.8 Å². The lowest BCUT2D eigenvalue weighted by molar-refractivity contribution is 0.315. The molecule has 0 aromatic carbocycles. The van der Waals surface area contributed by atoms with Crippen LogP contribution in [0.15, 0.2) is 0 Å². The second kappa shape index (κ2) is 10.1. The Bertz CT molecular complexity index is 142. The summed E-state index contributed by atoms with van der Waals surface area (Å²) in [6, 6.07) is 0. The molecule has 2 atom stereocenters. The Balaban J connectivity index is 3.64. The summed E-state index contributed by atoms with van der Waals surface area (Å²) in [5.41, 5.74) is 0. The molecule has 1 N–H and O–H groups in total. The molecule has 1 heteroatoms. The van der Waals surface area contributed by atoms with E-state index in [0.29, 0.717) is 0 Å². The Morgan fingerprint density at radius 3 is 2.19 bits per heavy atom. The van der Waals surface area contributed by atoms with Gasteiger partial charge < -0.3 is 5.32 Å². The molecule has 0 radical (unpaired) electrons. The molecule has 98 valence electrons. The molecule has 0 spiro atoms. The predicted octanol–water partition coefficient (Wildman–Crippen LogP) is 4.47. The van der Waals surface area contributed by atoms with Gasteiger partial charge in [-0.2, -0.15) is 0 Å². The first kappa shape index (κ1) is 16.0. The SMILES string of the molecule is CCC(CCCCNC)CC(C)CC(C)C. The monoisotopic (exact) mass is 227 g/mol. The molecule has 0 saturated heterocycles. The van der Waals surface area contributed by atoms with Gasteiger partial charge in [-0.05, 0) is 50.6 Å². The molecule has 0 fully saturated rings. The number of hydrogen-bond donors (Lipinski definition) is 1. The fourth-order valence-corrected chi connectivity index (χ4v) is 2.69. The summed E-state index contributed by atoms with van der Waals surface area (Å²) >= 11 is 0. The van der Waals surface area contributed by atoms with Crippen molar-refractivity contribution in [2.24, 2.45) is 17.8 Å². The van der Waals surface area contributed by atoms with E-state index in [4.69, 9.17) is 0 Å². The minimum atomic E-state index is 0.858. The standard InChI is InChI=1S/C15H33N/c1-6-15(9-7-8-10-16-5)12-14(4)11-13(2)3/h13-16H,6-12H2,1-5H3. The molecule has 16 heavy (non-hydrogen) atoms. The van der Waals surface area contributed by atoms with Gasteiger partial charge in [0, 0.05) is 0 Å². The summed E-state index contributed by atoms with van der Waals surface area (Å²) in [5, 5.41) is 3.23. The lowest BCUT2D eigenvalue weighted by Crippen LogP contribution is -2.10. The van der Waals surface area contributed by atoms with Crippen LogP contribution in [-0.2, 0) is 0 Å². The van der Waals surface area contributed by atoms with E-state index in [1.165, 1.54) is 45.1 Å². The van der Waals surface area contributed by atoms with Gasteiger partial charge in [-0.25, -0.2) is 0 Å². The van der Waals surface area contributed by atoms with Crippen molar-refractivity contribution >= 4 is 0 Å². The summed E-state index contributed by atoms with van der Waals surface area (Å²) in [7, 11) is 2.04. The van der Waals surface area contributed by atoms with Crippen molar-refractivity contribution in [2.75, 3.05) is 13.6 Å². The minimum absolute atomic E-state index is 0.858. The van der Waals surface area contributed by atoms with E-state index < -0.39 is 0 Å². The van der Waals surface area contributed by atoms with E-state index in [2.05, 4.69) is 33.0 Å². The molecule has 0 saturated carbocycles. The Kier molecular flexibility index (Phi) is 10.1. The molecule has 0 heterocycles. The van der Waals surface area contributed by atoms with E-state index in [-0.39, 0.29) is 0 Å². The molecular weight excluding hydrogens is 194 g/mol. The van der Waals surface area contributed by atoms with E-state index in [9.17, 15) is 0 Å². The van der Waals surface area contributed by atoms with Gasteiger partial charge in [0.2, 0.25) is 0 Å². The van der Waals surface area contributed by atoms with Gasteiger partial charge in [-0.1, -0.05) is 47.0 Å². The number of nitrogens with one attached hydrogen (secondary N) is 1. The molecule has 0 aliphatic heterocycles. The van der Waals surface area contributed by atoms with Crippen molar-refractivity contribution in [3.05, 3.63) is 0 Å². The molecule has 0 bridgehead atoms. The van der Waals surface area contributed by atoms with Crippen LogP contribution in [0.25, 0.3) is 0 Å². The van der Waals surface area contributed by atoms with Crippen molar-refractivity contribution < 1.29 is 0 Å². The molecule has 0 aliphatic rings. The van der Waals surface area contributed by atoms with Crippen LogP contribution in [0.4, 0.5) is 0 Å². The maximum Gasteiger partial charge on any atom is -0.00519 e. The summed E-state index contributed by atoms with van der Waals surface area (Å²) in [4.78, 5) is 0. The number of rotatable bonds is 10.